The van der Waals surface area contributed by atoms with Gasteiger partial charge in [0.2, 0.25) is 0 Å². The van der Waals surface area contributed by atoms with Crippen molar-refractivity contribution >= 4 is 23.4 Å². The molecule has 0 saturated heterocycles. The smallest absolute Gasteiger partial charge is 0.408 e. The maximum atomic E-state index is 12.8. The van der Waals surface area contributed by atoms with Crippen LogP contribution in [0.3, 0.4) is 0 Å². The van der Waals surface area contributed by atoms with Crippen LogP contribution in [0.15, 0.2) is 91.1 Å². The van der Waals surface area contributed by atoms with Gasteiger partial charge in [0, 0.05) is 28.5 Å². The van der Waals surface area contributed by atoms with E-state index in [1.165, 1.54) is 0 Å². The minimum atomic E-state index is -0.573. The minimum absolute atomic E-state index is 0.0166. The number of aromatic nitrogens is 3. The lowest BCUT2D eigenvalue weighted by Crippen LogP contribution is -2.52. The van der Waals surface area contributed by atoms with Crippen molar-refractivity contribution in [1.82, 2.24) is 19.9 Å². The fourth-order valence-electron chi connectivity index (χ4n) is 6.22. The van der Waals surface area contributed by atoms with E-state index in [9.17, 15) is 9.59 Å². The molecule has 226 valence electrons. The average Bonchev–Trinajstić information content (AvgIpc) is 3.33. The molecule has 2 aromatic heterocycles. The molecule has 8 nitrogen and oxygen atoms in total. The number of nitrogens with zero attached hydrogens (tertiary/aromatic N) is 3. The van der Waals surface area contributed by atoms with Crippen LogP contribution in [0.25, 0.3) is 39.6 Å². The molecule has 1 fully saturated rings. The van der Waals surface area contributed by atoms with Crippen LogP contribution in [-0.4, -0.2) is 32.0 Å². The number of Topliss-reactive ketones (excluding diaryl/α,β-unsaturated/α-hetero) is 1. The van der Waals surface area contributed by atoms with Crippen LogP contribution in [0, 0.1) is 0 Å². The molecule has 2 aliphatic rings. The number of nitrogens with one attached hydrogen (secondary N) is 2. The van der Waals surface area contributed by atoms with Crippen LogP contribution in [0.2, 0.25) is 0 Å². The molecular formula is C37H35N5O3. The summed E-state index contributed by atoms with van der Waals surface area (Å²) in [4.78, 5) is 34.8. The highest BCUT2D eigenvalue weighted by atomic mass is 16.6. The van der Waals surface area contributed by atoms with Gasteiger partial charge in [-0.1, -0.05) is 60.7 Å². The predicted molar refractivity (Wildman–Crippen MR) is 176 cm³/mol. The first kappa shape index (κ1) is 28.5. The largest absolute Gasteiger partial charge is 0.444 e. The number of amides is 1. The Morgan fingerprint density at radius 3 is 2.29 bits per heavy atom. The summed E-state index contributed by atoms with van der Waals surface area (Å²) in [6.07, 6.45) is 4.11. The number of carbonyl (C=O) groups excluding carboxylic acids is 2. The number of hydrogen-bond donors (Lipinski definition) is 2. The van der Waals surface area contributed by atoms with Crippen LogP contribution in [0.5, 0.6) is 0 Å². The van der Waals surface area contributed by atoms with Crippen molar-refractivity contribution in [2.75, 3.05) is 5.32 Å². The third kappa shape index (κ3) is 5.16. The molecule has 3 aromatic carbocycles. The summed E-state index contributed by atoms with van der Waals surface area (Å²) in [5, 5.41) is 6.68. The second kappa shape index (κ2) is 10.7. The van der Waals surface area contributed by atoms with Gasteiger partial charge in [-0.05, 0) is 76.8 Å². The fraction of sp³-hybridized carbons (Fsp3) is 0.243. The highest BCUT2D eigenvalue weighted by Gasteiger charge is 2.41. The van der Waals surface area contributed by atoms with Crippen molar-refractivity contribution in [3.05, 3.63) is 102 Å². The number of ether oxygens (including phenoxy) is 1. The zero-order chi connectivity index (χ0) is 31.3. The topological polar surface area (TPSA) is 98.1 Å². The number of ketones is 1. The Hall–Kier alpha value is -5.24. The fourth-order valence-corrected chi connectivity index (χ4v) is 6.22. The lowest BCUT2D eigenvalue weighted by Gasteiger charge is -2.43. The van der Waals surface area contributed by atoms with E-state index in [1.807, 2.05) is 75.4 Å². The van der Waals surface area contributed by atoms with Gasteiger partial charge in [-0.15, -0.1) is 0 Å². The van der Waals surface area contributed by atoms with Crippen molar-refractivity contribution in [1.29, 1.82) is 0 Å². The quantitative estimate of drug-likeness (QED) is 0.194. The second-order valence-electron chi connectivity index (χ2n) is 12.8. The van der Waals surface area contributed by atoms with Crippen molar-refractivity contribution in [2.24, 2.45) is 0 Å². The van der Waals surface area contributed by atoms with Gasteiger partial charge in [0.05, 0.1) is 28.3 Å². The van der Waals surface area contributed by atoms with E-state index in [4.69, 9.17) is 14.7 Å². The Kier molecular flexibility index (Phi) is 6.80. The molecule has 1 amide bonds. The zero-order valence-electron chi connectivity index (χ0n) is 25.8. The summed E-state index contributed by atoms with van der Waals surface area (Å²) >= 11 is 0. The molecule has 45 heavy (non-hydrogen) atoms. The number of imidazole rings is 1. The van der Waals surface area contributed by atoms with Crippen LogP contribution >= 0.6 is 0 Å². The molecule has 1 aliphatic heterocycles. The van der Waals surface area contributed by atoms with E-state index in [0.29, 0.717) is 5.56 Å². The standard InChI is InChI=1S/C37H35N5O3/c1-23(43)24-12-14-25(15-13-24)31-32(26-16-18-27(19-17-26)37(20-8-21-37)41-35(44)45-36(2,3)4)42-30-11-7-22-38-33(30)39-29-10-6-5-9-28(29)34(42)40-31/h5-7,9-19,22H,8,20-21H2,1-4H3,(H,38,39)(H,41,44). The molecule has 0 unspecified atom stereocenters. The van der Waals surface area contributed by atoms with Gasteiger partial charge in [-0.3, -0.25) is 9.36 Å². The molecule has 8 heteroatoms. The summed E-state index contributed by atoms with van der Waals surface area (Å²) in [5.41, 5.74) is 6.98. The first-order valence-electron chi connectivity index (χ1n) is 15.3. The molecule has 0 bridgehead atoms. The van der Waals surface area contributed by atoms with Gasteiger partial charge in [-0.25, -0.2) is 14.8 Å². The summed E-state index contributed by atoms with van der Waals surface area (Å²) in [7, 11) is 0. The van der Waals surface area contributed by atoms with Gasteiger partial charge in [0.1, 0.15) is 11.4 Å². The number of carbonyl (C=O) groups is 2. The molecule has 5 aromatic rings. The molecule has 7 rings (SSSR count). The number of rotatable bonds is 5. The van der Waals surface area contributed by atoms with Crippen molar-refractivity contribution in [2.45, 2.75) is 58.1 Å². The molecule has 0 spiro atoms. The van der Waals surface area contributed by atoms with Crippen molar-refractivity contribution < 1.29 is 14.3 Å². The number of fused-ring (bicyclic) bond motifs is 5. The van der Waals surface area contributed by atoms with Gasteiger partial charge in [0.25, 0.3) is 0 Å². The summed E-state index contributed by atoms with van der Waals surface area (Å²) in [6, 6.07) is 28.1. The van der Waals surface area contributed by atoms with Gasteiger partial charge >= 0.3 is 6.09 Å². The number of pyridine rings is 1. The summed E-state index contributed by atoms with van der Waals surface area (Å²) in [5.74, 6) is 1.53. The third-order valence-electron chi connectivity index (χ3n) is 8.55. The number of benzene rings is 3. The highest BCUT2D eigenvalue weighted by Crippen LogP contribution is 2.46. The van der Waals surface area contributed by atoms with E-state index in [-0.39, 0.29) is 5.78 Å². The lowest BCUT2D eigenvalue weighted by atomic mass is 9.71. The van der Waals surface area contributed by atoms with Crippen LogP contribution in [0.1, 0.15) is 62.9 Å². The summed E-state index contributed by atoms with van der Waals surface area (Å²) < 4.78 is 7.77. The van der Waals surface area contributed by atoms with Gasteiger partial charge in [-0.2, -0.15) is 0 Å². The Morgan fingerprint density at radius 1 is 0.911 bits per heavy atom. The van der Waals surface area contributed by atoms with Crippen LogP contribution < -0.4 is 10.6 Å². The Bertz CT molecular complexity index is 1930. The first-order chi connectivity index (χ1) is 21.6. The molecule has 0 atom stereocenters. The molecule has 2 N–H and O–H groups in total. The van der Waals surface area contributed by atoms with E-state index in [2.05, 4.69) is 45.5 Å². The Labute approximate surface area is 262 Å². The van der Waals surface area contributed by atoms with Crippen molar-refractivity contribution in [3.8, 4) is 39.6 Å². The number of hydrogen-bond acceptors (Lipinski definition) is 6. The van der Waals surface area contributed by atoms with E-state index < -0.39 is 17.2 Å². The molecule has 0 radical (unpaired) electrons. The Balaban J connectivity index is 1.39. The monoisotopic (exact) mass is 597 g/mol. The minimum Gasteiger partial charge on any atom is -0.444 e. The molecular weight excluding hydrogens is 562 g/mol. The molecule has 1 aliphatic carbocycles. The van der Waals surface area contributed by atoms with Gasteiger partial charge in [0.15, 0.2) is 11.6 Å². The summed E-state index contributed by atoms with van der Waals surface area (Å²) in [6.45, 7) is 7.18. The van der Waals surface area contributed by atoms with E-state index >= 15 is 0 Å². The normalized spacial score (nSPS) is 14.5. The number of anilines is 2. The average molecular weight is 598 g/mol. The maximum absolute atomic E-state index is 12.8. The zero-order valence-corrected chi connectivity index (χ0v) is 25.8. The lowest BCUT2D eigenvalue weighted by molar-refractivity contribution is 0.0377. The Morgan fingerprint density at radius 2 is 1.62 bits per heavy atom. The van der Waals surface area contributed by atoms with E-state index in [0.717, 1.165) is 75.9 Å². The van der Waals surface area contributed by atoms with E-state index in [1.54, 1.807) is 13.1 Å². The predicted octanol–water partition coefficient (Wildman–Crippen LogP) is 8.43. The molecule has 1 saturated carbocycles. The number of alkyl carbamates (subject to hydrolysis) is 1. The van der Waals surface area contributed by atoms with Crippen LogP contribution in [0.4, 0.5) is 16.3 Å². The first-order valence-corrected chi connectivity index (χ1v) is 15.3. The van der Waals surface area contributed by atoms with Crippen molar-refractivity contribution in [3.63, 3.8) is 0 Å². The maximum Gasteiger partial charge on any atom is 0.408 e. The van der Waals surface area contributed by atoms with Gasteiger partial charge < -0.3 is 15.4 Å². The van der Waals surface area contributed by atoms with Crippen LogP contribution in [-0.2, 0) is 10.3 Å². The SMILES string of the molecule is CC(=O)c1ccc(-c2nc3n(c2-c2ccc(C4(NC(=O)OC(C)(C)C)CCC4)cc2)-c2cccnc2Nc2ccccc2-3)cc1. The highest BCUT2D eigenvalue weighted by molar-refractivity contribution is 5.95. The number of para-hydroxylation sites is 1. The third-order valence-corrected chi connectivity index (χ3v) is 8.55. The molecule has 3 heterocycles. The second-order valence-corrected chi connectivity index (χ2v) is 12.8.